The number of nitrogens with one attached hydrogen (secondary N) is 1. The van der Waals surface area contributed by atoms with Crippen molar-refractivity contribution in [1.82, 2.24) is 9.78 Å². The number of primary amides is 1. The first-order chi connectivity index (χ1) is 14.2. The van der Waals surface area contributed by atoms with E-state index in [9.17, 15) is 23.2 Å². The summed E-state index contributed by atoms with van der Waals surface area (Å²) < 4.78 is 32.8. The summed E-state index contributed by atoms with van der Waals surface area (Å²) in [6, 6.07) is 1.32. The first-order valence-corrected chi connectivity index (χ1v) is 10.3. The standard InChI is InChI=1S/C19H22F2N4O4S/c1-3-6-29-19(28)14-9(2)15(17(22)27)30-18(14)23-13(26)8-25-12(16(20)21)7-11(24-25)10-4-5-10/h7,10,16H,3-6,8H2,1-2H3,(H2,22,27)(H,23,26). The van der Waals surface area contributed by atoms with Crippen molar-refractivity contribution in [2.24, 2.45) is 5.73 Å². The van der Waals surface area contributed by atoms with Crippen LogP contribution in [0.15, 0.2) is 6.07 Å². The molecule has 2 aromatic rings. The van der Waals surface area contributed by atoms with Gasteiger partial charge in [-0.1, -0.05) is 6.92 Å². The van der Waals surface area contributed by atoms with Crippen molar-refractivity contribution in [3.8, 4) is 0 Å². The number of nitrogens with zero attached hydrogens (tertiary/aromatic N) is 2. The third-order valence-corrected chi connectivity index (χ3v) is 5.83. The van der Waals surface area contributed by atoms with E-state index in [1.807, 2.05) is 6.92 Å². The van der Waals surface area contributed by atoms with Crippen molar-refractivity contribution in [3.63, 3.8) is 0 Å². The number of amides is 2. The quantitative estimate of drug-likeness (QED) is 0.580. The van der Waals surface area contributed by atoms with Gasteiger partial charge in [0.15, 0.2) is 0 Å². The Bertz CT molecular complexity index is 982. The molecule has 2 heterocycles. The van der Waals surface area contributed by atoms with E-state index in [-0.39, 0.29) is 33.7 Å². The van der Waals surface area contributed by atoms with Crippen LogP contribution in [-0.2, 0) is 16.1 Å². The predicted molar refractivity (Wildman–Crippen MR) is 106 cm³/mol. The second kappa shape index (κ2) is 8.90. The molecular weight excluding hydrogens is 418 g/mol. The van der Waals surface area contributed by atoms with E-state index in [0.717, 1.165) is 28.9 Å². The van der Waals surface area contributed by atoms with Crippen molar-refractivity contribution in [2.75, 3.05) is 11.9 Å². The van der Waals surface area contributed by atoms with Crippen LogP contribution < -0.4 is 11.1 Å². The Morgan fingerprint density at radius 3 is 2.67 bits per heavy atom. The molecule has 1 aliphatic rings. The lowest BCUT2D eigenvalue weighted by atomic mass is 10.1. The number of anilines is 1. The molecule has 2 aromatic heterocycles. The number of rotatable bonds is 9. The zero-order chi connectivity index (χ0) is 22.0. The summed E-state index contributed by atoms with van der Waals surface area (Å²) in [6.45, 7) is 3.06. The Labute approximate surface area is 175 Å². The van der Waals surface area contributed by atoms with Gasteiger partial charge in [0.05, 0.1) is 22.7 Å². The highest BCUT2D eigenvalue weighted by Crippen LogP contribution is 2.40. The van der Waals surface area contributed by atoms with Crippen LogP contribution in [0.5, 0.6) is 0 Å². The fourth-order valence-corrected chi connectivity index (χ4v) is 4.05. The fraction of sp³-hybridized carbons (Fsp3) is 0.474. The van der Waals surface area contributed by atoms with Crippen LogP contribution in [0.3, 0.4) is 0 Å². The van der Waals surface area contributed by atoms with Crippen LogP contribution in [0.25, 0.3) is 0 Å². The molecule has 3 N–H and O–H groups in total. The van der Waals surface area contributed by atoms with Gasteiger partial charge in [-0.3, -0.25) is 14.3 Å². The summed E-state index contributed by atoms with van der Waals surface area (Å²) in [7, 11) is 0. The predicted octanol–water partition coefficient (Wildman–Crippen LogP) is 3.37. The van der Waals surface area contributed by atoms with Gasteiger partial charge in [-0.05, 0) is 37.8 Å². The third-order valence-electron chi connectivity index (χ3n) is 4.61. The zero-order valence-electron chi connectivity index (χ0n) is 16.5. The average Bonchev–Trinajstić information content (AvgIpc) is 3.36. The van der Waals surface area contributed by atoms with Crippen LogP contribution >= 0.6 is 11.3 Å². The Hall–Kier alpha value is -2.82. The molecule has 0 aliphatic heterocycles. The summed E-state index contributed by atoms with van der Waals surface area (Å²) in [6.07, 6.45) is -0.403. The molecule has 30 heavy (non-hydrogen) atoms. The maximum absolute atomic E-state index is 13.3. The highest BCUT2D eigenvalue weighted by molar-refractivity contribution is 7.18. The van der Waals surface area contributed by atoms with Crippen LogP contribution in [0.2, 0.25) is 0 Å². The molecular formula is C19H22F2N4O4S. The summed E-state index contributed by atoms with van der Waals surface area (Å²) in [5.74, 6) is -1.95. The number of carbonyl (C=O) groups is 3. The summed E-state index contributed by atoms with van der Waals surface area (Å²) in [4.78, 5) is 36.7. The van der Waals surface area contributed by atoms with Gasteiger partial charge in [-0.25, -0.2) is 13.6 Å². The second-order valence-electron chi connectivity index (χ2n) is 7.04. The molecule has 0 saturated heterocycles. The number of hydrogen-bond acceptors (Lipinski definition) is 6. The SMILES string of the molecule is CCCOC(=O)c1c(NC(=O)Cn2nc(C3CC3)cc2C(F)F)sc(C(N)=O)c1C. The molecule has 1 aliphatic carbocycles. The van der Waals surface area contributed by atoms with Gasteiger partial charge in [-0.15, -0.1) is 11.3 Å². The number of aromatic nitrogens is 2. The molecule has 0 spiro atoms. The largest absolute Gasteiger partial charge is 0.462 e. The first-order valence-electron chi connectivity index (χ1n) is 9.48. The summed E-state index contributed by atoms with van der Waals surface area (Å²) >= 11 is 0.840. The molecule has 0 bridgehead atoms. The number of hydrogen-bond donors (Lipinski definition) is 2. The van der Waals surface area contributed by atoms with Gasteiger partial charge in [-0.2, -0.15) is 5.10 Å². The van der Waals surface area contributed by atoms with Crippen molar-refractivity contribution in [2.45, 2.75) is 52.0 Å². The number of nitrogens with two attached hydrogens (primary N) is 1. The summed E-state index contributed by atoms with van der Waals surface area (Å²) in [5, 5.41) is 6.74. The molecule has 11 heteroatoms. The number of ether oxygens (including phenoxy) is 1. The van der Waals surface area contributed by atoms with Crippen LogP contribution in [0.1, 0.15) is 75.5 Å². The van der Waals surface area contributed by atoms with Crippen molar-refractivity contribution < 1.29 is 27.9 Å². The number of alkyl halides is 2. The molecule has 0 atom stereocenters. The van der Waals surface area contributed by atoms with E-state index < -0.39 is 30.8 Å². The molecule has 0 unspecified atom stereocenters. The Morgan fingerprint density at radius 1 is 1.40 bits per heavy atom. The fourth-order valence-electron chi connectivity index (χ4n) is 2.98. The van der Waals surface area contributed by atoms with Gasteiger partial charge in [0.25, 0.3) is 12.3 Å². The van der Waals surface area contributed by atoms with Crippen molar-refractivity contribution in [1.29, 1.82) is 0 Å². The number of carbonyl (C=O) groups excluding carboxylic acids is 3. The van der Waals surface area contributed by atoms with E-state index in [0.29, 0.717) is 17.7 Å². The Kier molecular flexibility index (Phi) is 6.49. The molecule has 2 amide bonds. The molecule has 0 radical (unpaired) electrons. The van der Waals surface area contributed by atoms with Crippen LogP contribution in [0.4, 0.5) is 13.8 Å². The van der Waals surface area contributed by atoms with E-state index in [2.05, 4.69) is 10.4 Å². The maximum Gasteiger partial charge on any atom is 0.341 e. The van der Waals surface area contributed by atoms with Crippen LogP contribution in [-0.4, -0.2) is 34.2 Å². The van der Waals surface area contributed by atoms with Crippen molar-refractivity contribution in [3.05, 3.63) is 33.5 Å². The Balaban J connectivity index is 1.83. The molecule has 1 saturated carbocycles. The van der Waals surface area contributed by atoms with Crippen LogP contribution in [0, 0.1) is 6.92 Å². The maximum atomic E-state index is 13.3. The summed E-state index contributed by atoms with van der Waals surface area (Å²) in [5.41, 5.74) is 5.89. The second-order valence-corrected chi connectivity index (χ2v) is 8.06. The highest BCUT2D eigenvalue weighted by Gasteiger charge is 2.30. The van der Waals surface area contributed by atoms with Gasteiger partial charge >= 0.3 is 5.97 Å². The minimum atomic E-state index is -2.78. The average molecular weight is 440 g/mol. The number of halogens is 2. The molecule has 8 nitrogen and oxygen atoms in total. The minimum Gasteiger partial charge on any atom is -0.462 e. The molecule has 3 rings (SSSR count). The molecule has 1 fully saturated rings. The van der Waals surface area contributed by atoms with E-state index in [1.165, 1.54) is 13.0 Å². The normalized spacial score (nSPS) is 13.5. The topological polar surface area (TPSA) is 116 Å². The van der Waals surface area contributed by atoms with E-state index in [1.54, 1.807) is 0 Å². The smallest absolute Gasteiger partial charge is 0.341 e. The van der Waals surface area contributed by atoms with Gasteiger partial charge in [0.2, 0.25) is 5.91 Å². The van der Waals surface area contributed by atoms with E-state index in [4.69, 9.17) is 10.5 Å². The molecule has 162 valence electrons. The van der Waals surface area contributed by atoms with Gasteiger partial charge in [0.1, 0.15) is 17.2 Å². The first kappa shape index (κ1) is 21.9. The number of esters is 1. The lowest BCUT2D eigenvalue weighted by Crippen LogP contribution is -2.22. The monoisotopic (exact) mass is 440 g/mol. The zero-order valence-corrected chi connectivity index (χ0v) is 17.4. The highest BCUT2D eigenvalue weighted by atomic mass is 32.1. The lowest BCUT2D eigenvalue weighted by molar-refractivity contribution is -0.117. The number of thiophene rings is 1. The lowest BCUT2D eigenvalue weighted by Gasteiger charge is -2.09. The minimum absolute atomic E-state index is 0.0313. The van der Waals surface area contributed by atoms with Gasteiger partial charge in [0, 0.05) is 5.92 Å². The third kappa shape index (κ3) is 4.66. The van der Waals surface area contributed by atoms with Crippen molar-refractivity contribution >= 4 is 34.1 Å². The van der Waals surface area contributed by atoms with Gasteiger partial charge < -0.3 is 15.8 Å². The Morgan fingerprint density at radius 2 is 2.10 bits per heavy atom. The molecule has 0 aromatic carbocycles. The van der Waals surface area contributed by atoms with E-state index >= 15 is 0 Å².